The lowest BCUT2D eigenvalue weighted by Crippen LogP contribution is -2.29. The van der Waals surface area contributed by atoms with Crippen LogP contribution in [-0.4, -0.2) is 27.5 Å². The van der Waals surface area contributed by atoms with Gasteiger partial charge in [-0.15, -0.1) is 0 Å². The zero-order valence-corrected chi connectivity index (χ0v) is 11.3. The summed E-state index contributed by atoms with van der Waals surface area (Å²) in [6.45, 7) is 3.08. The molecule has 0 saturated carbocycles. The van der Waals surface area contributed by atoms with Gasteiger partial charge >= 0.3 is 0 Å². The van der Waals surface area contributed by atoms with Crippen molar-refractivity contribution in [1.82, 2.24) is 15.1 Å². The van der Waals surface area contributed by atoms with Crippen molar-refractivity contribution in [3.63, 3.8) is 0 Å². The Balaban J connectivity index is 1.94. The smallest absolute Gasteiger partial charge is 0.0766 e. The lowest BCUT2D eigenvalue weighted by molar-refractivity contribution is 0.261. The van der Waals surface area contributed by atoms with Crippen LogP contribution in [0.4, 0.5) is 0 Å². The van der Waals surface area contributed by atoms with Gasteiger partial charge in [-0.25, -0.2) is 4.68 Å². The minimum absolute atomic E-state index is 0.226. The van der Waals surface area contributed by atoms with E-state index >= 15 is 0 Å². The van der Waals surface area contributed by atoms with Crippen LogP contribution in [0, 0.1) is 0 Å². The van der Waals surface area contributed by atoms with E-state index in [1.54, 1.807) is 0 Å². The predicted molar refractivity (Wildman–Crippen MR) is 76.2 cm³/mol. The van der Waals surface area contributed by atoms with Crippen LogP contribution in [0.5, 0.6) is 0 Å². The highest BCUT2D eigenvalue weighted by atomic mass is 16.3. The maximum Gasteiger partial charge on any atom is 0.0766 e. The van der Waals surface area contributed by atoms with Gasteiger partial charge in [0.1, 0.15) is 0 Å². The molecule has 1 heterocycles. The Hall–Kier alpha value is -1.65. The highest BCUT2D eigenvalue weighted by Crippen LogP contribution is 2.07. The molecule has 4 nitrogen and oxygen atoms in total. The van der Waals surface area contributed by atoms with Crippen LogP contribution < -0.4 is 5.32 Å². The Kier molecular flexibility index (Phi) is 5.12. The fourth-order valence-electron chi connectivity index (χ4n) is 2.04. The summed E-state index contributed by atoms with van der Waals surface area (Å²) < 4.78 is 1.88. The predicted octanol–water partition coefficient (Wildman–Crippen LogP) is 2.12. The van der Waals surface area contributed by atoms with Gasteiger partial charge < -0.3 is 10.4 Å². The molecule has 2 aromatic rings. The van der Waals surface area contributed by atoms with E-state index in [2.05, 4.69) is 17.3 Å². The molecule has 2 rings (SSSR count). The van der Waals surface area contributed by atoms with Crippen molar-refractivity contribution >= 4 is 0 Å². The second kappa shape index (κ2) is 7.07. The first kappa shape index (κ1) is 13.8. The number of hydrogen-bond donors (Lipinski definition) is 2. The number of hydrogen-bond acceptors (Lipinski definition) is 3. The van der Waals surface area contributed by atoms with Crippen LogP contribution >= 0.6 is 0 Å². The molecule has 0 aliphatic carbocycles. The Bertz CT molecular complexity index is 481. The van der Waals surface area contributed by atoms with Crippen molar-refractivity contribution < 1.29 is 5.11 Å². The topological polar surface area (TPSA) is 50.1 Å². The molecule has 0 saturated heterocycles. The van der Waals surface area contributed by atoms with E-state index in [9.17, 15) is 0 Å². The molecule has 0 aliphatic heterocycles. The average molecular weight is 259 g/mol. The third kappa shape index (κ3) is 3.91. The van der Waals surface area contributed by atoms with Gasteiger partial charge in [0.2, 0.25) is 0 Å². The second-order valence-electron chi connectivity index (χ2n) is 4.59. The summed E-state index contributed by atoms with van der Waals surface area (Å²) in [6, 6.07) is 12.4. The normalized spacial score (nSPS) is 12.5. The quantitative estimate of drug-likeness (QED) is 0.801. The van der Waals surface area contributed by atoms with Crippen LogP contribution in [0.2, 0.25) is 0 Å². The number of aliphatic hydroxyl groups is 1. The zero-order valence-electron chi connectivity index (χ0n) is 11.3. The fraction of sp³-hybridized carbons (Fsp3) is 0.400. The number of rotatable bonds is 7. The number of nitrogens with one attached hydrogen (secondary N) is 1. The highest BCUT2D eigenvalue weighted by molar-refractivity contribution is 5.30. The number of aliphatic hydroxyl groups excluding tert-OH is 1. The summed E-state index contributed by atoms with van der Waals surface area (Å²) in [4.78, 5) is 0. The van der Waals surface area contributed by atoms with Gasteiger partial charge in [-0.05, 0) is 31.0 Å². The van der Waals surface area contributed by atoms with Gasteiger partial charge in [0, 0.05) is 25.4 Å². The van der Waals surface area contributed by atoms with Crippen LogP contribution in [0.25, 0.3) is 5.69 Å². The van der Waals surface area contributed by atoms with Gasteiger partial charge in [-0.3, -0.25) is 0 Å². The van der Waals surface area contributed by atoms with E-state index in [-0.39, 0.29) is 6.61 Å². The molecule has 1 aromatic carbocycles. The molecule has 4 heteroatoms. The monoisotopic (exact) mass is 259 g/mol. The van der Waals surface area contributed by atoms with E-state index in [4.69, 9.17) is 5.11 Å². The van der Waals surface area contributed by atoms with Crippen LogP contribution in [0.15, 0.2) is 42.6 Å². The van der Waals surface area contributed by atoms with Crippen LogP contribution in [0.3, 0.4) is 0 Å². The van der Waals surface area contributed by atoms with Crippen molar-refractivity contribution in [2.24, 2.45) is 0 Å². The lowest BCUT2D eigenvalue weighted by atomic mass is 10.1. The van der Waals surface area contributed by atoms with Crippen molar-refractivity contribution in [3.05, 3.63) is 48.3 Å². The fourth-order valence-corrected chi connectivity index (χ4v) is 2.04. The minimum Gasteiger partial charge on any atom is -0.396 e. The molecular weight excluding hydrogens is 238 g/mol. The van der Waals surface area contributed by atoms with E-state index in [1.807, 2.05) is 47.3 Å². The van der Waals surface area contributed by atoms with E-state index in [1.165, 1.54) is 0 Å². The van der Waals surface area contributed by atoms with Crippen molar-refractivity contribution in [3.8, 4) is 5.69 Å². The standard InChI is InChI=1S/C15H21N3O/c1-2-13(9-11-19)16-12-14-8-10-18(17-14)15-6-4-3-5-7-15/h3-8,10,13,16,19H,2,9,11-12H2,1H3. The summed E-state index contributed by atoms with van der Waals surface area (Å²) in [7, 11) is 0. The molecule has 19 heavy (non-hydrogen) atoms. The SMILES string of the molecule is CCC(CCO)NCc1ccn(-c2ccccc2)n1. The highest BCUT2D eigenvalue weighted by Gasteiger charge is 2.06. The number of aromatic nitrogens is 2. The number of nitrogens with zero attached hydrogens (tertiary/aromatic N) is 2. The summed E-state index contributed by atoms with van der Waals surface area (Å²) in [5, 5.41) is 16.9. The van der Waals surface area contributed by atoms with Gasteiger partial charge in [0.05, 0.1) is 11.4 Å². The molecule has 0 amide bonds. The first-order valence-corrected chi connectivity index (χ1v) is 6.77. The summed E-state index contributed by atoms with van der Waals surface area (Å²) in [5.74, 6) is 0. The number of para-hydroxylation sites is 1. The first-order chi connectivity index (χ1) is 9.33. The summed E-state index contributed by atoms with van der Waals surface area (Å²) in [6.07, 6.45) is 3.77. The largest absolute Gasteiger partial charge is 0.396 e. The third-order valence-corrected chi connectivity index (χ3v) is 3.21. The Morgan fingerprint density at radius 1 is 1.26 bits per heavy atom. The molecule has 1 aromatic heterocycles. The molecule has 102 valence electrons. The van der Waals surface area contributed by atoms with E-state index in [0.717, 1.165) is 30.8 Å². The molecule has 0 spiro atoms. The second-order valence-corrected chi connectivity index (χ2v) is 4.59. The van der Waals surface area contributed by atoms with E-state index in [0.29, 0.717) is 6.04 Å². The maximum absolute atomic E-state index is 8.96. The van der Waals surface area contributed by atoms with Gasteiger partial charge in [-0.2, -0.15) is 5.10 Å². The molecule has 1 atom stereocenters. The zero-order chi connectivity index (χ0) is 13.5. The van der Waals surface area contributed by atoms with Crippen molar-refractivity contribution in [2.75, 3.05) is 6.61 Å². The molecular formula is C15H21N3O. The molecule has 0 radical (unpaired) electrons. The van der Waals surface area contributed by atoms with Crippen molar-refractivity contribution in [2.45, 2.75) is 32.4 Å². The first-order valence-electron chi connectivity index (χ1n) is 6.77. The van der Waals surface area contributed by atoms with Crippen LogP contribution in [-0.2, 0) is 6.54 Å². The number of benzene rings is 1. The third-order valence-electron chi connectivity index (χ3n) is 3.21. The van der Waals surface area contributed by atoms with Gasteiger partial charge in [0.15, 0.2) is 0 Å². The maximum atomic E-state index is 8.96. The molecule has 0 aliphatic rings. The Morgan fingerprint density at radius 3 is 2.74 bits per heavy atom. The molecule has 0 fully saturated rings. The van der Waals surface area contributed by atoms with Gasteiger partial charge in [0.25, 0.3) is 0 Å². The molecule has 0 bridgehead atoms. The average Bonchev–Trinajstić information content (AvgIpc) is 2.93. The van der Waals surface area contributed by atoms with Gasteiger partial charge in [-0.1, -0.05) is 25.1 Å². The van der Waals surface area contributed by atoms with E-state index < -0.39 is 0 Å². The summed E-state index contributed by atoms with van der Waals surface area (Å²) in [5.41, 5.74) is 2.08. The Labute approximate surface area is 114 Å². The van der Waals surface area contributed by atoms with Crippen molar-refractivity contribution in [1.29, 1.82) is 0 Å². The molecule has 2 N–H and O–H groups in total. The molecule has 1 unspecified atom stereocenters. The van der Waals surface area contributed by atoms with Crippen LogP contribution in [0.1, 0.15) is 25.5 Å². The Morgan fingerprint density at radius 2 is 2.05 bits per heavy atom. The summed E-state index contributed by atoms with van der Waals surface area (Å²) >= 11 is 0. The minimum atomic E-state index is 0.226. The lowest BCUT2D eigenvalue weighted by Gasteiger charge is -2.14.